The molecule has 0 aliphatic rings. The Hall–Kier alpha value is -1.09. The molecule has 16 heavy (non-hydrogen) atoms. The van der Waals surface area contributed by atoms with Crippen LogP contribution in [0.1, 0.15) is 32.0 Å². The average molecular weight is 222 g/mol. The number of hydrogen-bond donors (Lipinski definition) is 1. The zero-order valence-electron chi connectivity index (χ0n) is 10.9. The summed E-state index contributed by atoms with van der Waals surface area (Å²) in [7, 11) is 2.05. The molecule has 1 atom stereocenters. The van der Waals surface area contributed by atoms with Crippen LogP contribution in [0.5, 0.6) is 0 Å². The topological polar surface area (TPSA) is 36.4 Å². The number of aliphatic hydroxyl groups is 1. The number of aliphatic hydroxyl groups excluding tert-OH is 1. The number of rotatable bonds is 4. The lowest BCUT2D eigenvalue weighted by Gasteiger charge is -2.29. The third-order valence-corrected chi connectivity index (χ3v) is 3.12. The molecule has 0 fully saturated rings. The Bertz CT molecular complexity index is 350. The standard InChI is InChI=1S/C13H22N2O/c1-9(2)11(4)15(5)13-7-12(8-16)6-10(3)14-13/h6-7,9,11,16H,8H2,1-5H3. The molecule has 1 aromatic heterocycles. The molecule has 0 aliphatic heterocycles. The van der Waals surface area contributed by atoms with Gasteiger partial charge in [-0.1, -0.05) is 13.8 Å². The van der Waals surface area contributed by atoms with Crippen LogP contribution < -0.4 is 4.90 Å². The number of nitrogens with zero attached hydrogens (tertiary/aromatic N) is 2. The Morgan fingerprint density at radius 2 is 1.94 bits per heavy atom. The van der Waals surface area contributed by atoms with Crippen molar-refractivity contribution in [2.45, 2.75) is 40.3 Å². The highest BCUT2D eigenvalue weighted by Gasteiger charge is 2.15. The van der Waals surface area contributed by atoms with Crippen molar-refractivity contribution < 1.29 is 5.11 Å². The molecule has 0 aromatic carbocycles. The van der Waals surface area contributed by atoms with Crippen molar-refractivity contribution in [3.63, 3.8) is 0 Å². The molecule has 0 bridgehead atoms. The van der Waals surface area contributed by atoms with Crippen LogP contribution in [0, 0.1) is 12.8 Å². The molecular formula is C13H22N2O. The second-order valence-electron chi connectivity index (χ2n) is 4.73. The first-order valence-electron chi connectivity index (χ1n) is 5.77. The Balaban J connectivity index is 2.98. The molecular weight excluding hydrogens is 200 g/mol. The van der Waals surface area contributed by atoms with E-state index in [1.54, 1.807) is 0 Å². The van der Waals surface area contributed by atoms with Crippen LogP contribution in [0.3, 0.4) is 0 Å². The Morgan fingerprint density at radius 3 is 2.44 bits per heavy atom. The van der Waals surface area contributed by atoms with E-state index in [-0.39, 0.29) is 6.61 Å². The monoisotopic (exact) mass is 222 g/mol. The van der Waals surface area contributed by atoms with Crippen LogP contribution in [0.15, 0.2) is 12.1 Å². The van der Waals surface area contributed by atoms with E-state index < -0.39 is 0 Å². The highest BCUT2D eigenvalue weighted by Crippen LogP contribution is 2.19. The number of aromatic nitrogens is 1. The van der Waals surface area contributed by atoms with Gasteiger partial charge in [0.25, 0.3) is 0 Å². The first kappa shape index (κ1) is 13.0. The molecule has 1 rings (SSSR count). The SMILES string of the molecule is Cc1cc(CO)cc(N(C)C(C)C(C)C)n1. The smallest absolute Gasteiger partial charge is 0.129 e. The summed E-state index contributed by atoms with van der Waals surface area (Å²) in [4.78, 5) is 6.66. The van der Waals surface area contributed by atoms with E-state index >= 15 is 0 Å². The van der Waals surface area contributed by atoms with Crippen molar-refractivity contribution in [1.82, 2.24) is 4.98 Å². The summed E-state index contributed by atoms with van der Waals surface area (Å²) >= 11 is 0. The molecule has 1 heterocycles. The van der Waals surface area contributed by atoms with Gasteiger partial charge in [-0.05, 0) is 37.5 Å². The van der Waals surface area contributed by atoms with Gasteiger partial charge >= 0.3 is 0 Å². The largest absolute Gasteiger partial charge is 0.392 e. The molecule has 1 unspecified atom stereocenters. The maximum atomic E-state index is 9.17. The maximum Gasteiger partial charge on any atom is 0.129 e. The van der Waals surface area contributed by atoms with Crippen LogP contribution >= 0.6 is 0 Å². The Kier molecular flexibility index (Phi) is 4.30. The summed E-state index contributed by atoms with van der Waals surface area (Å²) in [5.41, 5.74) is 1.87. The van der Waals surface area contributed by atoms with Gasteiger partial charge in [-0.15, -0.1) is 0 Å². The van der Waals surface area contributed by atoms with Crippen LogP contribution in [0.4, 0.5) is 5.82 Å². The van der Waals surface area contributed by atoms with Crippen molar-refractivity contribution in [1.29, 1.82) is 0 Å². The quantitative estimate of drug-likeness (QED) is 0.849. The van der Waals surface area contributed by atoms with Gasteiger partial charge in [-0.2, -0.15) is 0 Å². The van der Waals surface area contributed by atoms with E-state index in [4.69, 9.17) is 5.11 Å². The van der Waals surface area contributed by atoms with Gasteiger partial charge < -0.3 is 10.0 Å². The van der Waals surface area contributed by atoms with Crippen LogP contribution in [-0.4, -0.2) is 23.2 Å². The van der Waals surface area contributed by atoms with Crippen LogP contribution in [-0.2, 0) is 6.61 Å². The van der Waals surface area contributed by atoms with Gasteiger partial charge in [0.05, 0.1) is 6.61 Å². The number of aryl methyl sites for hydroxylation is 1. The summed E-state index contributed by atoms with van der Waals surface area (Å²) in [5, 5.41) is 9.17. The molecule has 0 radical (unpaired) electrons. The molecule has 1 aromatic rings. The third kappa shape index (κ3) is 2.95. The fraction of sp³-hybridized carbons (Fsp3) is 0.615. The minimum absolute atomic E-state index is 0.0697. The lowest BCUT2D eigenvalue weighted by atomic mass is 10.1. The van der Waals surface area contributed by atoms with Gasteiger partial charge in [0.15, 0.2) is 0 Å². The van der Waals surface area contributed by atoms with Gasteiger partial charge in [-0.25, -0.2) is 4.98 Å². The first-order chi connectivity index (χ1) is 7.45. The van der Waals surface area contributed by atoms with E-state index in [2.05, 4.69) is 30.7 Å². The normalized spacial score (nSPS) is 12.9. The van der Waals surface area contributed by atoms with E-state index in [1.807, 2.05) is 26.1 Å². The summed E-state index contributed by atoms with van der Waals surface area (Å²) in [6.45, 7) is 8.61. The van der Waals surface area contributed by atoms with Crippen LogP contribution in [0.2, 0.25) is 0 Å². The first-order valence-corrected chi connectivity index (χ1v) is 5.77. The lowest BCUT2D eigenvalue weighted by Crippen LogP contribution is -2.33. The molecule has 0 saturated carbocycles. The Morgan fingerprint density at radius 1 is 1.31 bits per heavy atom. The van der Waals surface area contributed by atoms with E-state index in [0.717, 1.165) is 17.1 Å². The van der Waals surface area contributed by atoms with E-state index in [0.29, 0.717) is 12.0 Å². The van der Waals surface area contributed by atoms with Crippen molar-refractivity contribution >= 4 is 5.82 Å². The predicted octanol–water partition coefficient (Wildman–Crippen LogP) is 2.36. The lowest BCUT2D eigenvalue weighted by molar-refractivity contribution is 0.281. The second-order valence-corrected chi connectivity index (χ2v) is 4.73. The maximum absolute atomic E-state index is 9.17. The molecule has 0 aliphatic carbocycles. The summed E-state index contributed by atoms with van der Waals surface area (Å²) in [6.07, 6.45) is 0. The zero-order valence-corrected chi connectivity index (χ0v) is 10.9. The molecule has 3 heteroatoms. The van der Waals surface area contributed by atoms with Gasteiger partial charge in [-0.3, -0.25) is 0 Å². The van der Waals surface area contributed by atoms with E-state index in [1.165, 1.54) is 0 Å². The van der Waals surface area contributed by atoms with Crippen LogP contribution in [0.25, 0.3) is 0 Å². The van der Waals surface area contributed by atoms with Crippen molar-refractivity contribution in [2.24, 2.45) is 5.92 Å². The molecule has 0 spiro atoms. The number of hydrogen-bond acceptors (Lipinski definition) is 3. The minimum atomic E-state index is 0.0697. The second kappa shape index (κ2) is 5.30. The van der Waals surface area contributed by atoms with Gasteiger partial charge in [0, 0.05) is 18.8 Å². The zero-order chi connectivity index (χ0) is 12.3. The fourth-order valence-corrected chi connectivity index (χ4v) is 1.65. The highest BCUT2D eigenvalue weighted by molar-refractivity contribution is 5.42. The molecule has 0 amide bonds. The number of anilines is 1. The minimum Gasteiger partial charge on any atom is -0.392 e. The predicted molar refractivity (Wildman–Crippen MR) is 67.6 cm³/mol. The molecule has 0 saturated heterocycles. The fourth-order valence-electron chi connectivity index (χ4n) is 1.65. The highest BCUT2D eigenvalue weighted by atomic mass is 16.3. The third-order valence-electron chi connectivity index (χ3n) is 3.12. The summed E-state index contributed by atoms with van der Waals surface area (Å²) < 4.78 is 0. The summed E-state index contributed by atoms with van der Waals surface area (Å²) in [5.74, 6) is 1.51. The van der Waals surface area contributed by atoms with Gasteiger partial charge in [0.1, 0.15) is 5.82 Å². The van der Waals surface area contributed by atoms with Gasteiger partial charge in [0.2, 0.25) is 0 Å². The van der Waals surface area contributed by atoms with Crippen molar-refractivity contribution in [3.8, 4) is 0 Å². The Labute approximate surface area is 98.1 Å². The average Bonchev–Trinajstić information content (AvgIpc) is 2.25. The molecule has 90 valence electrons. The molecule has 3 nitrogen and oxygen atoms in total. The summed E-state index contributed by atoms with van der Waals surface area (Å²) in [6, 6.07) is 4.30. The van der Waals surface area contributed by atoms with Crippen molar-refractivity contribution in [2.75, 3.05) is 11.9 Å². The molecule has 1 N–H and O–H groups in total. The number of pyridine rings is 1. The van der Waals surface area contributed by atoms with E-state index in [9.17, 15) is 0 Å². The van der Waals surface area contributed by atoms with Crippen molar-refractivity contribution in [3.05, 3.63) is 23.4 Å².